The number of benzene rings is 1. The summed E-state index contributed by atoms with van der Waals surface area (Å²) in [7, 11) is 0. The maximum Gasteiger partial charge on any atom is 0.0349 e. The van der Waals surface area contributed by atoms with Gasteiger partial charge in [-0.05, 0) is 48.2 Å². The number of nitrogens with two attached hydrogens (primary N) is 1. The Hall–Kier alpha value is -1.41. The lowest BCUT2D eigenvalue weighted by Gasteiger charge is -2.25. The normalized spacial score (nSPS) is 24.3. The Bertz CT molecular complexity index is 544. The number of nitrogens with zero attached hydrogens (tertiary/aromatic N) is 1. The third-order valence-corrected chi connectivity index (χ3v) is 4.58. The van der Waals surface area contributed by atoms with E-state index >= 15 is 0 Å². The van der Waals surface area contributed by atoms with Crippen LogP contribution in [-0.4, -0.2) is 11.5 Å². The minimum Gasteiger partial charge on any atom is -0.330 e. The van der Waals surface area contributed by atoms with Gasteiger partial charge in [-0.2, -0.15) is 0 Å². The van der Waals surface area contributed by atoms with Crippen molar-refractivity contribution in [1.29, 1.82) is 0 Å². The van der Waals surface area contributed by atoms with E-state index in [1.165, 1.54) is 48.4 Å². The van der Waals surface area contributed by atoms with Crippen LogP contribution in [0.4, 0.5) is 0 Å². The number of hydrogen-bond acceptors (Lipinski definition) is 2. The number of pyridine rings is 1. The molecule has 1 aliphatic rings. The van der Waals surface area contributed by atoms with E-state index in [0.29, 0.717) is 11.8 Å². The molecule has 2 N–H and O–H groups in total. The number of rotatable bonds is 2. The molecule has 1 heterocycles. The molecule has 2 aromatic rings. The van der Waals surface area contributed by atoms with Crippen molar-refractivity contribution in [3.05, 3.63) is 42.2 Å². The average Bonchev–Trinajstić information content (AvgIpc) is 2.71. The highest BCUT2D eigenvalue weighted by molar-refractivity contribution is 5.85. The van der Waals surface area contributed by atoms with Crippen molar-refractivity contribution in [3.63, 3.8) is 0 Å². The molecule has 0 bridgehead atoms. The number of fused-ring (bicyclic) bond motifs is 1. The van der Waals surface area contributed by atoms with Crippen LogP contribution >= 0.6 is 0 Å². The topological polar surface area (TPSA) is 38.9 Å². The molecule has 2 atom stereocenters. The number of hydrogen-bond donors (Lipinski definition) is 1. The smallest absolute Gasteiger partial charge is 0.0349 e. The largest absolute Gasteiger partial charge is 0.330 e. The second-order valence-corrected chi connectivity index (χ2v) is 5.68. The van der Waals surface area contributed by atoms with E-state index in [1.807, 2.05) is 12.4 Å². The molecule has 0 radical (unpaired) electrons. The van der Waals surface area contributed by atoms with E-state index in [2.05, 4.69) is 29.2 Å². The van der Waals surface area contributed by atoms with Crippen LogP contribution in [0.5, 0.6) is 0 Å². The van der Waals surface area contributed by atoms with Gasteiger partial charge in [-0.3, -0.25) is 4.98 Å². The highest BCUT2D eigenvalue weighted by Gasteiger charge is 2.25. The summed E-state index contributed by atoms with van der Waals surface area (Å²) >= 11 is 0. The predicted molar refractivity (Wildman–Crippen MR) is 80.1 cm³/mol. The zero-order valence-electron chi connectivity index (χ0n) is 11.4. The van der Waals surface area contributed by atoms with Crippen molar-refractivity contribution in [3.8, 4) is 0 Å². The van der Waals surface area contributed by atoms with E-state index in [1.54, 1.807) is 0 Å². The summed E-state index contributed by atoms with van der Waals surface area (Å²) in [6.45, 7) is 0.807. The molecule has 1 saturated carbocycles. The molecule has 1 aliphatic carbocycles. The molecular formula is C17H22N2. The first kappa shape index (κ1) is 12.6. The summed E-state index contributed by atoms with van der Waals surface area (Å²) in [5.41, 5.74) is 7.49. The standard InChI is InChI=1S/C17H22N2/c18-11-14-5-2-1-3-7-15(14)16-8-4-6-13-9-10-19-12-17(13)16/h4,6,8-10,12,14-15H,1-3,5,7,11,18H2. The number of aromatic nitrogens is 1. The molecule has 1 fully saturated rings. The Labute approximate surface area is 115 Å². The van der Waals surface area contributed by atoms with Gasteiger partial charge < -0.3 is 5.73 Å². The van der Waals surface area contributed by atoms with Crippen LogP contribution in [0, 0.1) is 5.92 Å². The molecule has 2 nitrogen and oxygen atoms in total. The van der Waals surface area contributed by atoms with Gasteiger partial charge in [0.05, 0.1) is 0 Å². The van der Waals surface area contributed by atoms with Gasteiger partial charge in [-0.15, -0.1) is 0 Å². The zero-order valence-corrected chi connectivity index (χ0v) is 11.4. The van der Waals surface area contributed by atoms with Crippen LogP contribution < -0.4 is 5.73 Å². The van der Waals surface area contributed by atoms with E-state index < -0.39 is 0 Å². The molecule has 0 amide bonds. The quantitative estimate of drug-likeness (QED) is 0.827. The summed E-state index contributed by atoms with van der Waals surface area (Å²) in [5, 5.41) is 2.61. The van der Waals surface area contributed by atoms with Gasteiger partial charge in [-0.1, -0.05) is 37.5 Å². The minimum atomic E-state index is 0.611. The molecule has 0 saturated heterocycles. The first-order chi connectivity index (χ1) is 9.40. The van der Waals surface area contributed by atoms with Crippen LogP contribution in [0.1, 0.15) is 43.6 Å². The Morgan fingerprint density at radius 3 is 2.89 bits per heavy atom. The lowest BCUT2D eigenvalue weighted by molar-refractivity contribution is 0.410. The lowest BCUT2D eigenvalue weighted by Crippen LogP contribution is -2.21. The van der Waals surface area contributed by atoms with Gasteiger partial charge >= 0.3 is 0 Å². The molecule has 0 spiro atoms. The fraction of sp³-hybridized carbons (Fsp3) is 0.471. The highest BCUT2D eigenvalue weighted by atomic mass is 14.6. The van der Waals surface area contributed by atoms with Crippen molar-refractivity contribution in [1.82, 2.24) is 4.98 Å². The second-order valence-electron chi connectivity index (χ2n) is 5.68. The first-order valence-electron chi connectivity index (χ1n) is 7.43. The molecule has 1 aromatic carbocycles. The van der Waals surface area contributed by atoms with Crippen molar-refractivity contribution in [2.75, 3.05) is 6.54 Å². The predicted octanol–water partition coefficient (Wildman–Crippen LogP) is 3.86. The molecule has 2 unspecified atom stereocenters. The second kappa shape index (κ2) is 5.70. The summed E-state index contributed by atoms with van der Waals surface area (Å²) in [6, 6.07) is 8.74. The van der Waals surface area contributed by atoms with E-state index in [-0.39, 0.29) is 0 Å². The fourth-order valence-corrected chi connectivity index (χ4v) is 3.54. The first-order valence-corrected chi connectivity index (χ1v) is 7.43. The van der Waals surface area contributed by atoms with Crippen molar-refractivity contribution < 1.29 is 0 Å². The van der Waals surface area contributed by atoms with Gasteiger partial charge in [0, 0.05) is 17.8 Å². The Kier molecular flexibility index (Phi) is 3.79. The summed E-state index contributed by atoms with van der Waals surface area (Å²) in [4.78, 5) is 4.31. The van der Waals surface area contributed by atoms with Gasteiger partial charge in [-0.25, -0.2) is 0 Å². The van der Waals surface area contributed by atoms with E-state index in [4.69, 9.17) is 5.73 Å². The van der Waals surface area contributed by atoms with Crippen LogP contribution in [0.15, 0.2) is 36.7 Å². The van der Waals surface area contributed by atoms with Crippen LogP contribution in [0.25, 0.3) is 10.8 Å². The third kappa shape index (κ3) is 2.50. The van der Waals surface area contributed by atoms with Crippen LogP contribution in [0.3, 0.4) is 0 Å². The monoisotopic (exact) mass is 254 g/mol. The van der Waals surface area contributed by atoms with Gasteiger partial charge in [0.15, 0.2) is 0 Å². The average molecular weight is 254 g/mol. The highest BCUT2D eigenvalue weighted by Crippen LogP contribution is 2.38. The zero-order chi connectivity index (χ0) is 13.1. The van der Waals surface area contributed by atoms with Crippen LogP contribution in [-0.2, 0) is 0 Å². The molecular weight excluding hydrogens is 232 g/mol. The molecule has 2 heteroatoms. The van der Waals surface area contributed by atoms with Gasteiger partial charge in [0.1, 0.15) is 0 Å². The maximum absolute atomic E-state index is 6.03. The molecule has 1 aromatic heterocycles. The Balaban J connectivity index is 2.06. The van der Waals surface area contributed by atoms with E-state index in [9.17, 15) is 0 Å². The van der Waals surface area contributed by atoms with Crippen molar-refractivity contribution in [2.24, 2.45) is 11.7 Å². The van der Waals surface area contributed by atoms with Crippen molar-refractivity contribution >= 4 is 10.8 Å². The SMILES string of the molecule is NCC1CCCCCC1c1cccc2ccncc12. The molecule has 0 aliphatic heterocycles. The fourth-order valence-electron chi connectivity index (χ4n) is 3.54. The van der Waals surface area contributed by atoms with Crippen LogP contribution in [0.2, 0.25) is 0 Å². The van der Waals surface area contributed by atoms with Crippen molar-refractivity contribution in [2.45, 2.75) is 38.0 Å². The summed E-state index contributed by atoms with van der Waals surface area (Å²) < 4.78 is 0. The van der Waals surface area contributed by atoms with Gasteiger partial charge in [0.2, 0.25) is 0 Å². The summed E-state index contributed by atoms with van der Waals surface area (Å²) in [6.07, 6.45) is 10.5. The Morgan fingerprint density at radius 1 is 1.11 bits per heavy atom. The lowest BCUT2D eigenvalue weighted by atomic mass is 9.81. The maximum atomic E-state index is 6.03. The molecule has 3 rings (SSSR count). The third-order valence-electron chi connectivity index (χ3n) is 4.58. The van der Waals surface area contributed by atoms with Gasteiger partial charge in [0.25, 0.3) is 0 Å². The minimum absolute atomic E-state index is 0.611. The Morgan fingerprint density at radius 2 is 2.00 bits per heavy atom. The van der Waals surface area contributed by atoms with E-state index in [0.717, 1.165) is 6.54 Å². The summed E-state index contributed by atoms with van der Waals surface area (Å²) in [5.74, 6) is 1.24. The molecule has 19 heavy (non-hydrogen) atoms. The molecule has 100 valence electrons.